The Kier molecular flexibility index (Phi) is 4.92. The van der Waals surface area contributed by atoms with Crippen molar-refractivity contribution in [3.8, 4) is 0 Å². The molecule has 0 unspecified atom stereocenters. The van der Waals surface area contributed by atoms with Gasteiger partial charge in [0.1, 0.15) is 0 Å². The van der Waals surface area contributed by atoms with Gasteiger partial charge in [0.05, 0.1) is 0 Å². The molecule has 0 aromatic rings. The first-order chi connectivity index (χ1) is 4.12. The molecule has 9 heavy (non-hydrogen) atoms. The molecular formula is C5H13OSSi2. The molecule has 0 saturated carbocycles. The van der Waals surface area contributed by atoms with Crippen molar-refractivity contribution in [1.29, 1.82) is 0 Å². The molecule has 4 heteroatoms. The van der Waals surface area contributed by atoms with Crippen LogP contribution in [-0.2, 0) is 4.12 Å². The average molecular weight is 177 g/mol. The van der Waals surface area contributed by atoms with E-state index in [0.717, 1.165) is 12.2 Å². The van der Waals surface area contributed by atoms with Crippen molar-refractivity contribution in [3.05, 3.63) is 0 Å². The lowest BCUT2D eigenvalue weighted by atomic mass is 10.6. The Morgan fingerprint density at radius 3 is 2.44 bits per heavy atom. The zero-order valence-electron chi connectivity index (χ0n) is 5.98. The maximum absolute atomic E-state index is 5.15. The Hall–Kier alpha value is 0.744. The van der Waals surface area contributed by atoms with Gasteiger partial charge in [-0.05, 0) is 31.3 Å². The first-order valence-corrected chi connectivity index (χ1v) is 7.23. The summed E-state index contributed by atoms with van der Waals surface area (Å²) in [4.78, 5) is 0. The minimum atomic E-state index is -1.33. The molecule has 0 fully saturated rings. The third-order valence-corrected chi connectivity index (χ3v) is 5.30. The van der Waals surface area contributed by atoms with Gasteiger partial charge in [0.15, 0.2) is 8.32 Å². The molecular weight excluding hydrogens is 164 g/mol. The summed E-state index contributed by atoms with van der Waals surface area (Å²) in [5.74, 6) is 0.964. The van der Waals surface area contributed by atoms with Crippen LogP contribution in [0.25, 0.3) is 0 Å². The predicted octanol–water partition coefficient (Wildman–Crippen LogP) is 1.61. The largest absolute Gasteiger partial charge is 0.457 e. The number of hydrogen-bond donors (Lipinski definition) is 1. The number of thiol groups is 1. The molecule has 0 spiro atoms. The normalized spacial score (nSPS) is 12.0. The first kappa shape index (κ1) is 9.74. The molecule has 0 amide bonds. The van der Waals surface area contributed by atoms with Gasteiger partial charge in [-0.2, -0.15) is 12.6 Å². The van der Waals surface area contributed by atoms with Crippen molar-refractivity contribution in [1.82, 2.24) is 0 Å². The molecule has 0 N–H and O–H groups in total. The second-order valence-corrected chi connectivity index (χ2v) is 7.97. The second kappa shape index (κ2) is 4.54. The summed E-state index contributed by atoms with van der Waals surface area (Å²) >= 11 is 4.12. The van der Waals surface area contributed by atoms with Crippen molar-refractivity contribution in [2.45, 2.75) is 25.6 Å². The highest BCUT2D eigenvalue weighted by atomic mass is 32.1. The fraction of sp³-hybridized carbons (Fsp3) is 1.00. The molecule has 0 heterocycles. The molecule has 1 nitrogen and oxygen atoms in total. The quantitative estimate of drug-likeness (QED) is 0.507. The van der Waals surface area contributed by atoms with Gasteiger partial charge in [-0.15, -0.1) is 0 Å². The van der Waals surface area contributed by atoms with E-state index in [1.165, 1.54) is 6.04 Å². The third-order valence-electron chi connectivity index (χ3n) is 1.21. The van der Waals surface area contributed by atoms with Crippen molar-refractivity contribution >= 4 is 31.4 Å². The SMILES string of the molecule is C[Si](C)(CCCS)O[Si]. The lowest BCUT2D eigenvalue weighted by Crippen LogP contribution is -2.28. The van der Waals surface area contributed by atoms with Crippen LogP contribution in [0.3, 0.4) is 0 Å². The Balaban J connectivity index is 3.33. The molecule has 0 rings (SSSR count). The summed E-state index contributed by atoms with van der Waals surface area (Å²) in [7, 11) is 1.75. The molecule has 0 bridgehead atoms. The van der Waals surface area contributed by atoms with Crippen molar-refractivity contribution in [2.75, 3.05) is 5.75 Å². The summed E-state index contributed by atoms with van der Waals surface area (Å²) in [5, 5.41) is 0. The summed E-state index contributed by atoms with van der Waals surface area (Å²) in [6.07, 6.45) is 1.16. The van der Waals surface area contributed by atoms with Crippen LogP contribution in [0.15, 0.2) is 0 Å². The van der Waals surface area contributed by atoms with Crippen molar-refractivity contribution in [2.24, 2.45) is 0 Å². The van der Waals surface area contributed by atoms with Crippen LogP contribution in [0.4, 0.5) is 0 Å². The molecule has 0 saturated heterocycles. The van der Waals surface area contributed by atoms with E-state index in [-0.39, 0.29) is 0 Å². The molecule has 0 atom stereocenters. The van der Waals surface area contributed by atoms with E-state index in [2.05, 4.69) is 36.2 Å². The summed E-state index contributed by atoms with van der Waals surface area (Å²) in [6.45, 7) is 4.37. The smallest absolute Gasteiger partial charge is 0.230 e. The topological polar surface area (TPSA) is 9.23 Å². The van der Waals surface area contributed by atoms with Gasteiger partial charge in [0, 0.05) is 0 Å². The number of rotatable bonds is 4. The maximum Gasteiger partial charge on any atom is 0.230 e. The second-order valence-electron chi connectivity index (χ2n) is 2.69. The van der Waals surface area contributed by atoms with Gasteiger partial charge in [0.25, 0.3) is 0 Å². The van der Waals surface area contributed by atoms with E-state index in [9.17, 15) is 0 Å². The lowest BCUT2D eigenvalue weighted by molar-refractivity contribution is 0.603. The fourth-order valence-corrected chi connectivity index (χ4v) is 2.45. The summed E-state index contributed by atoms with van der Waals surface area (Å²) in [5.41, 5.74) is 0. The molecule has 0 aromatic carbocycles. The Bertz CT molecular complexity index is 77.4. The molecule has 0 aliphatic rings. The van der Waals surface area contributed by atoms with Crippen LogP contribution in [0.5, 0.6) is 0 Å². The third kappa shape index (κ3) is 5.20. The molecule has 0 aliphatic carbocycles. The van der Waals surface area contributed by atoms with E-state index in [1.54, 1.807) is 0 Å². The zero-order valence-corrected chi connectivity index (χ0v) is 8.87. The van der Waals surface area contributed by atoms with Crippen LogP contribution >= 0.6 is 12.6 Å². The van der Waals surface area contributed by atoms with Gasteiger partial charge in [-0.25, -0.2) is 0 Å². The van der Waals surface area contributed by atoms with E-state index >= 15 is 0 Å². The van der Waals surface area contributed by atoms with Crippen molar-refractivity contribution in [3.63, 3.8) is 0 Å². The van der Waals surface area contributed by atoms with Crippen LogP contribution in [0, 0.1) is 0 Å². The standard InChI is InChI=1S/C5H13OSSi2/c1-9(2,6-8)5-3-4-7/h7H,3-5H2,1-2H3. The Morgan fingerprint density at radius 1 is 1.56 bits per heavy atom. The van der Waals surface area contributed by atoms with E-state index in [4.69, 9.17) is 4.12 Å². The average Bonchev–Trinajstić information content (AvgIpc) is 1.84. The maximum atomic E-state index is 5.15. The van der Waals surface area contributed by atoms with Gasteiger partial charge in [-0.1, -0.05) is 0 Å². The van der Waals surface area contributed by atoms with Crippen LogP contribution in [0.2, 0.25) is 19.1 Å². The minimum Gasteiger partial charge on any atom is -0.457 e. The Labute approximate surface area is 67.3 Å². The number of hydrogen-bond acceptors (Lipinski definition) is 2. The summed E-state index contributed by atoms with van der Waals surface area (Å²) < 4.78 is 5.15. The Morgan fingerprint density at radius 2 is 2.11 bits per heavy atom. The highest BCUT2D eigenvalue weighted by Gasteiger charge is 2.18. The molecule has 0 aromatic heterocycles. The lowest BCUT2D eigenvalue weighted by Gasteiger charge is -2.19. The van der Waals surface area contributed by atoms with E-state index < -0.39 is 8.32 Å². The van der Waals surface area contributed by atoms with Crippen LogP contribution < -0.4 is 0 Å². The van der Waals surface area contributed by atoms with Gasteiger partial charge in [0.2, 0.25) is 10.5 Å². The highest BCUT2D eigenvalue weighted by molar-refractivity contribution is 7.80. The molecule has 0 aliphatic heterocycles. The van der Waals surface area contributed by atoms with Gasteiger partial charge < -0.3 is 4.12 Å². The van der Waals surface area contributed by atoms with Crippen molar-refractivity contribution < 1.29 is 4.12 Å². The first-order valence-electron chi connectivity index (χ1n) is 3.08. The molecule has 53 valence electrons. The highest BCUT2D eigenvalue weighted by Crippen LogP contribution is 2.11. The van der Waals surface area contributed by atoms with Crippen LogP contribution in [-0.4, -0.2) is 24.6 Å². The minimum absolute atomic E-state index is 0.964. The van der Waals surface area contributed by atoms with E-state index in [1.807, 2.05) is 0 Å². The zero-order chi connectivity index (χ0) is 7.33. The molecule has 3 radical (unpaired) electrons. The van der Waals surface area contributed by atoms with E-state index in [0.29, 0.717) is 0 Å². The van der Waals surface area contributed by atoms with Crippen LogP contribution in [0.1, 0.15) is 6.42 Å². The van der Waals surface area contributed by atoms with Gasteiger partial charge >= 0.3 is 0 Å². The monoisotopic (exact) mass is 177 g/mol. The predicted molar refractivity (Wildman–Crippen MR) is 47.6 cm³/mol. The fourth-order valence-electron chi connectivity index (χ4n) is 0.556. The van der Waals surface area contributed by atoms with Gasteiger partial charge in [-0.3, -0.25) is 0 Å². The summed E-state index contributed by atoms with van der Waals surface area (Å²) in [6, 6.07) is 1.18.